The first-order chi connectivity index (χ1) is 38.5. The second kappa shape index (κ2) is 66.1. The van der Waals surface area contributed by atoms with Gasteiger partial charge in [-0.1, -0.05) is 331 Å². The first-order valence-electron chi connectivity index (χ1n) is 33.6. The van der Waals surface area contributed by atoms with Gasteiger partial charge < -0.3 is 14.2 Å². The summed E-state index contributed by atoms with van der Waals surface area (Å²) in [6, 6.07) is 0. The van der Waals surface area contributed by atoms with Gasteiger partial charge in [0.15, 0.2) is 6.10 Å². The zero-order chi connectivity index (χ0) is 56.4. The van der Waals surface area contributed by atoms with Crippen LogP contribution in [-0.4, -0.2) is 37.2 Å². The quantitative estimate of drug-likeness (QED) is 0.0261. The first kappa shape index (κ1) is 74.6. The molecule has 0 aromatic rings. The molecule has 1 atom stereocenters. The Morgan fingerprint density at radius 1 is 0.269 bits per heavy atom. The normalized spacial score (nSPS) is 12.6. The largest absolute Gasteiger partial charge is 0.462 e. The Hall–Kier alpha value is -3.41. The lowest BCUT2D eigenvalue weighted by Crippen LogP contribution is -2.30. The third kappa shape index (κ3) is 63.4. The van der Waals surface area contributed by atoms with Crippen LogP contribution in [0.5, 0.6) is 0 Å². The molecule has 0 spiro atoms. The Morgan fingerprint density at radius 3 is 0.782 bits per heavy atom. The summed E-state index contributed by atoms with van der Waals surface area (Å²) in [4.78, 5) is 38.4. The first-order valence-corrected chi connectivity index (χ1v) is 33.6. The Labute approximate surface area is 484 Å². The van der Waals surface area contributed by atoms with Crippen molar-refractivity contribution in [2.45, 2.75) is 341 Å². The van der Waals surface area contributed by atoms with Crippen molar-refractivity contribution < 1.29 is 28.6 Å². The Balaban J connectivity index is 4.44. The minimum absolute atomic E-state index is 0.0899. The van der Waals surface area contributed by atoms with Crippen molar-refractivity contribution in [2.24, 2.45) is 0 Å². The van der Waals surface area contributed by atoms with Crippen LogP contribution in [-0.2, 0) is 28.6 Å². The molecule has 450 valence electrons. The van der Waals surface area contributed by atoms with E-state index in [0.29, 0.717) is 19.3 Å². The van der Waals surface area contributed by atoms with Crippen LogP contribution >= 0.6 is 0 Å². The van der Waals surface area contributed by atoms with E-state index in [1.165, 1.54) is 199 Å². The van der Waals surface area contributed by atoms with Crippen molar-refractivity contribution in [1.29, 1.82) is 0 Å². The predicted molar refractivity (Wildman–Crippen MR) is 339 cm³/mol. The zero-order valence-electron chi connectivity index (χ0n) is 51.7. The summed E-state index contributed by atoms with van der Waals surface area (Å²) >= 11 is 0. The van der Waals surface area contributed by atoms with E-state index in [4.69, 9.17) is 14.2 Å². The van der Waals surface area contributed by atoms with Crippen molar-refractivity contribution in [3.63, 3.8) is 0 Å². The molecule has 0 aliphatic heterocycles. The van der Waals surface area contributed by atoms with Gasteiger partial charge in [-0.15, -0.1) is 0 Å². The molecule has 0 bridgehead atoms. The van der Waals surface area contributed by atoms with E-state index < -0.39 is 6.10 Å². The van der Waals surface area contributed by atoms with E-state index in [-0.39, 0.29) is 37.5 Å². The number of ether oxygens (including phenoxy) is 3. The van der Waals surface area contributed by atoms with Crippen LogP contribution in [0, 0.1) is 0 Å². The molecule has 0 fully saturated rings. The number of unbranched alkanes of at least 4 members (excludes halogenated alkanes) is 36. The summed E-state index contributed by atoms with van der Waals surface area (Å²) in [6.07, 6.45) is 87.4. The summed E-state index contributed by atoms with van der Waals surface area (Å²) in [5, 5.41) is 0. The summed E-state index contributed by atoms with van der Waals surface area (Å²) in [7, 11) is 0. The number of esters is 3. The molecule has 6 nitrogen and oxygen atoms in total. The molecule has 0 saturated carbocycles. The summed E-state index contributed by atoms with van der Waals surface area (Å²) in [6.45, 7) is 6.54. The van der Waals surface area contributed by atoms with Crippen molar-refractivity contribution in [1.82, 2.24) is 0 Å². The smallest absolute Gasteiger partial charge is 0.306 e. The molecule has 6 heteroatoms. The molecule has 0 rings (SSSR count). The second-order valence-corrected chi connectivity index (χ2v) is 22.4. The number of hydrogen-bond acceptors (Lipinski definition) is 6. The highest BCUT2D eigenvalue weighted by atomic mass is 16.6. The van der Waals surface area contributed by atoms with Crippen LogP contribution in [0.2, 0.25) is 0 Å². The minimum Gasteiger partial charge on any atom is -0.462 e. The molecule has 0 aromatic heterocycles. The Kier molecular flexibility index (Phi) is 63.2. The lowest BCUT2D eigenvalue weighted by Gasteiger charge is -2.18. The van der Waals surface area contributed by atoms with E-state index >= 15 is 0 Å². The van der Waals surface area contributed by atoms with Crippen molar-refractivity contribution in [2.75, 3.05) is 13.2 Å². The average molecular weight is 1090 g/mol. The van der Waals surface area contributed by atoms with Gasteiger partial charge in [0.25, 0.3) is 0 Å². The van der Waals surface area contributed by atoms with Crippen LogP contribution in [0.3, 0.4) is 0 Å². The van der Waals surface area contributed by atoms with Crippen molar-refractivity contribution in [3.8, 4) is 0 Å². The van der Waals surface area contributed by atoms with Gasteiger partial charge in [-0.25, -0.2) is 0 Å². The zero-order valence-corrected chi connectivity index (χ0v) is 51.7. The molecular weight excluding hydrogens is 961 g/mol. The number of allylic oxidation sites excluding steroid dienone is 14. The van der Waals surface area contributed by atoms with Gasteiger partial charge in [-0.2, -0.15) is 0 Å². The fourth-order valence-electron chi connectivity index (χ4n) is 9.67. The molecule has 1 unspecified atom stereocenters. The molecule has 0 aliphatic carbocycles. The number of hydrogen-bond donors (Lipinski definition) is 0. The highest BCUT2D eigenvalue weighted by Crippen LogP contribution is 2.18. The lowest BCUT2D eigenvalue weighted by molar-refractivity contribution is -0.167. The van der Waals surface area contributed by atoms with Crippen LogP contribution in [0.1, 0.15) is 335 Å². The monoisotopic (exact) mass is 1090 g/mol. The molecular formula is C72H126O6. The molecule has 0 saturated heterocycles. The Bertz CT molecular complexity index is 1480. The van der Waals surface area contributed by atoms with Crippen LogP contribution in [0.4, 0.5) is 0 Å². The van der Waals surface area contributed by atoms with Gasteiger partial charge in [0.2, 0.25) is 0 Å². The molecule has 78 heavy (non-hydrogen) atoms. The maximum atomic E-state index is 12.9. The molecule has 0 aliphatic rings. The SMILES string of the molecule is CC/C=C\C/C=C\C/C=C\C/C=C\C/C=C\C/C=C\C/C=C\CCCC(=O)OCC(COC(=O)CCCCCCCCCCCCCCCCCCCC)OC(=O)CCCCCCCCCCCCCCCCCCCCC. The van der Waals surface area contributed by atoms with E-state index in [9.17, 15) is 14.4 Å². The summed E-state index contributed by atoms with van der Waals surface area (Å²) < 4.78 is 16.9. The number of rotatable bonds is 61. The highest BCUT2D eigenvalue weighted by molar-refractivity contribution is 5.71. The average Bonchev–Trinajstić information content (AvgIpc) is 3.44. The van der Waals surface area contributed by atoms with E-state index in [0.717, 1.165) is 89.9 Å². The number of carbonyl (C=O) groups excluding carboxylic acids is 3. The standard InChI is InChI=1S/C72H126O6/c1-4-7-10-13-16-19-22-25-28-31-34-35-36-37-39-41-44-47-50-53-56-59-62-65-71(74)77-68-69(67-76-70(73)64-61-58-55-52-49-46-43-40-33-30-27-24-21-18-15-12-9-6-3)78-72(75)66-63-60-57-54-51-48-45-42-38-32-29-26-23-20-17-14-11-8-5-2/h7,10,16,19,25,28,34-35,37,39,44,47,53,56,69H,4-6,8-9,11-15,17-18,20-24,26-27,29-33,36,38,40-43,45-46,48-52,54-55,57-68H2,1-3H3/b10-7-,19-16-,28-25-,35-34-,39-37-,47-44-,56-53-. The minimum atomic E-state index is -0.799. The van der Waals surface area contributed by atoms with Crippen molar-refractivity contribution >= 4 is 17.9 Å². The van der Waals surface area contributed by atoms with Gasteiger partial charge >= 0.3 is 17.9 Å². The fraction of sp³-hybridized carbons (Fsp3) is 0.764. The van der Waals surface area contributed by atoms with Gasteiger partial charge in [0.05, 0.1) is 0 Å². The maximum Gasteiger partial charge on any atom is 0.306 e. The Morgan fingerprint density at radius 2 is 0.500 bits per heavy atom. The van der Waals surface area contributed by atoms with Gasteiger partial charge in [0.1, 0.15) is 13.2 Å². The molecule has 0 heterocycles. The predicted octanol–water partition coefficient (Wildman–Crippen LogP) is 23.1. The third-order valence-corrected chi connectivity index (χ3v) is 14.7. The number of carbonyl (C=O) groups is 3. The molecule has 0 aromatic carbocycles. The highest BCUT2D eigenvalue weighted by Gasteiger charge is 2.19. The molecule has 0 radical (unpaired) electrons. The van der Waals surface area contributed by atoms with Gasteiger partial charge in [0, 0.05) is 19.3 Å². The second-order valence-electron chi connectivity index (χ2n) is 22.4. The molecule has 0 N–H and O–H groups in total. The van der Waals surface area contributed by atoms with E-state index in [1.54, 1.807) is 0 Å². The third-order valence-electron chi connectivity index (χ3n) is 14.7. The van der Waals surface area contributed by atoms with E-state index in [1.807, 2.05) is 0 Å². The van der Waals surface area contributed by atoms with Gasteiger partial charge in [-0.3, -0.25) is 14.4 Å². The fourth-order valence-corrected chi connectivity index (χ4v) is 9.67. The van der Waals surface area contributed by atoms with Crippen molar-refractivity contribution in [3.05, 3.63) is 85.1 Å². The van der Waals surface area contributed by atoms with Crippen LogP contribution in [0.25, 0.3) is 0 Å². The van der Waals surface area contributed by atoms with E-state index in [2.05, 4.69) is 106 Å². The summed E-state index contributed by atoms with van der Waals surface area (Å²) in [5.41, 5.74) is 0. The lowest BCUT2D eigenvalue weighted by atomic mass is 10.0. The molecule has 0 amide bonds. The maximum absolute atomic E-state index is 12.9. The van der Waals surface area contributed by atoms with Crippen LogP contribution in [0.15, 0.2) is 85.1 Å². The topological polar surface area (TPSA) is 78.9 Å². The summed E-state index contributed by atoms with van der Waals surface area (Å²) in [5.74, 6) is -0.932. The van der Waals surface area contributed by atoms with Crippen LogP contribution < -0.4 is 0 Å². The van der Waals surface area contributed by atoms with Gasteiger partial charge in [-0.05, 0) is 70.6 Å².